The van der Waals surface area contributed by atoms with Crippen molar-refractivity contribution >= 4 is 34.2 Å². The number of hydrogen-bond donors (Lipinski definition) is 3. The lowest BCUT2D eigenvalue weighted by atomic mass is 9.88. The van der Waals surface area contributed by atoms with Crippen molar-refractivity contribution in [3.8, 4) is 5.75 Å². The highest BCUT2D eigenvalue weighted by Crippen LogP contribution is 2.41. The number of nitrogen functional groups attached to an aromatic ring is 1. The Hall–Kier alpha value is -3.62. The van der Waals surface area contributed by atoms with Crippen LogP contribution in [0.3, 0.4) is 0 Å². The van der Waals surface area contributed by atoms with Gasteiger partial charge in [-0.05, 0) is 24.3 Å². The number of hydrogen-bond acceptors (Lipinski definition) is 6. The van der Waals surface area contributed by atoms with Gasteiger partial charge in [-0.2, -0.15) is 5.10 Å². The van der Waals surface area contributed by atoms with Crippen molar-refractivity contribution < 1.29 is 14.3 Å². The smallest absolute Gasteiger partial charge is 0.314 e. The van der Waals surface area contributed by atoms with Gasteiger partial charge in [0.25, 0.3) is 0 Å². The third-order valence-corrected chi connectivity index (χ3v) is 6.14. The van der Waals surface area contributed by atoms with Crippen LogP contribution in [0.15, 0.2) is 30.6 Å². The first-order chi connectivity index (χ1) is 15.0. The Balaban J connectivity index is 1.43. The number of carbonyl (C=O) groups excluding carboxylic acids is 2. The molecule has 0 bridgehead atoms. The second-order valence-electron chi connectivity index (χ2n) is 8.26. The summed E-state index contributed by atoms with van der Waals surface area (Å²) >= 11 is 0. The van der Waals surface area contributed by atoms with E-state index in [0.29, 0.717) is 41.5 Å². The zero-order valence-electron chi connectivity index (χ0n) is 17.2. The fourth-order valence-corrected chi connectivity index (χ4v) is 4.56. The molecule has 31 heavy (non-hydrogen) atoms. The SMILES string of the molecule is CC1CCC(c2cccc3c2OCC3)N(C(=O)C(=O)Nc2cnc(N)c3cn[nH]c23)C1. The van der Waals surface area contributed by atoms with Gasteiger partial charge in [0.2, 0.25) is 0 Å². The molecule has 2 aromatic heterocycles. The van der Waals surface area contributed by atoms with Gasteiger partial charge in [-0.1, -0.05) is 25.1 Å². The standard InChI is InChI=1S/C22H24N6O3/c1-12-5-6-17(14-4-2-3-13-7-8-31-19(13)14)28(11-12)22(30)21(29)26-16-10-24-20(23)15-9-25-27-18(15)16/h2-4,9-10,12,17H,5-8,11H2,1H3,(H2,23,24)(H,25,27)(H,26,29). The average Bonchev–Trinajstić information content (AvgIpc) is 3.45. The van der Waals surface area contributed by atoms with Crippen molar-refractivity contribution in [1.29, 1.82) is 0 Å². The van der Waals surface area contributed by atoms with Gasteiger partial charge in [0.15, 0.2) is 0 Å². The van der Waals surface area contributed by atoms with E-state index < -0.39 is 11.8 Å². The van der Waals surface area contributed by atoms with E-state index in [4.69, 9.17) is 10.5 Å². The Morgan fingerprint density at radius 1 is 1.29 bits per heavy atom. The Bertz CT molecular complexity index is 1170. The lowest BCUT2D eigenvalue weighted by Gasteiger charge is -2.39. The molecule has 1 aromatic carbocycles. The maximum atomic E-state index is 13.3. The third kappa shape index (κ3) is 3.35. The number of benzene rings is 1. The molecule has 1 saturated heterocycles. The first-order valence-corrected chi connectivity index (χ1v) is 10.5. The van der Waals surface area contributed by atoms with Crippen LogP contribution in [0.2, 0.25) is 0 Å². The Morgan fingerprint density at radius 2 is 2.16 bits per heavy atom. The number of pyridine rings is 1. The molecule has 0 aliphatic carbocycles. The number of nitrogens with zero attached hydrogens (tertiary/aromatic N) is 3. The second kappa shape index (κ2) is 7.57. The molecule has 1 fully saturated rings. The van der Waals surface area contributed by atoms with E-state index >= 15 is 0 Å². The zero-order chi connectivity index (χ0) is 21.5. The minimum Gasteiger partial charge on any atom is -0.493 e. The van der Waals surface area contributed by atoms with E-state index in [1.165, 1.54) is 12.4 Å². The van der Waals surface area contributed by atoms with Crippen molar-refractivity contribution in [2.24, 2.45) is 5.92 Å². The van der Waals surface area contributed by atoms with Crippen LogP contribution in [0.25, 0.3) is 10.9 Å². The minimum atomic E-state index is -0.713. The summed E-state index contributed by atoms with van der Waals surface area (Å²) < 4.78 is 5.87. The van der Waals surface area contributed by atoms with Gasteiger partial charge in [0, 0.05) is 18.5 Å². The molecule has 160 valence electrons. The predicted molar refractivity (Wildman–Crippen MR) is 115 cm³/mol. The molecular formula is C22H24N6O3. The lowest BCUT2D eigenvalue weighted by Crippen LogP contribution is -2.46. The molecule has 9 nitrogen and oxygen atoms in total. The minimum absolute atomic E-state index is 0.195. The molecule has 2 aliphatic heterocycles. The summed E-state index contributed by atoms with van der Waals surface area (Å²) in [6.07, 6.45) is 5.60. The predicted octanol–water partition coefficient (Wildman–Crippen LogP) is 2.41. The molecule has 2 unspecified atom stereocenters. The van der Waals surface area contributed by atoms with Crippen LogP contribution < -0.4 is 15.8 Å². The first kappa shape index (κ1) is 19.3. The Labute approximate surface area is 179 Å². The number of ether oxygens (including phenoxy) is 1. The molecule has 2 atom stereocenters. The quantitative estimate of drug-likeness (QED) is 0.547. The molecule has 4 N–H and O–H groups in total. The Kier molecular flexibility index (Phi) is 4.72. The van der Waals surface area contributed by atoms with Crippen molar-refractivity contribution in [3.05, 3.63) is 41.7 Å². The maximum Gasteiger partial charge on any atom is 0.314 e. The van der Waals surface area contributed by atoms with E-state index in [2.05, 4.69) is 33.5 Å². The summed E-state index contributed by atoms with van der Waals surface area (Å²) in [5.74, 6) is 0.188. The highest BCUT2D eigenvalue weighted by atomic mass is 16.5. The summed E-state index contributed by atoms with van der Waals surface area (Å²) in [5, 5.41) is 10.0. The third-order valence-electron chi connectivity index (χ3n) is 6.14. The highest BCUT2D eigenvalue weighted by molar-refractivity contribution is 6.40. The van der Waals surface area contributed by atoms with E-state index in [1.807, 2.05) is 12.1 Å². The summed E-state index contributed by atoms with van der Waals surface area (Å²) in [4.78, 5) is 32.0. The molecule has 2 aliphatic rings. The van der Waals surface area contributed by atoms with Gasteiger partial charge in [0.05, 0.1) is 41.6 Å². The molecule has 0 radical (unpaired) electrons. The summed E-state index contributed by atoms with van der Waals surface area (Å²) in [5.41, 5.74) is 8.88. The first-order valence-electron chi connectivity index (χ1n) is 10.5. The molecule has 5 rings (SSSR count). The number of aromatic nitrogens is 3. The number of fused-ring (bicyclic) bond motifs is 2. The van der Waals surface area contributed by atoms with E-state index in [0.717, 1.165) is 36.1 Å². The topological polar surface area (TPSA) is 126 Å². The van der Waals surface area contributed by atoms with Crippen molar-refractivity contribution in [1.82, 2.24) is 20.1 Å². The van der Waals surface area contributed by atoms with Gasteiger partial charge in [0.1, 0.15) is 11.6 Å². The molecular weight excluding hydrogens is 396 g/mol. The Morgan fingerprint density at radius 3 is 3.03 bits per heavy atom. The van der Waals surface area contributed by atoms with Crippen LogP contribution >= 0.6 is 0 Å². The van der Waals surface area contributed by atoms with Crippen molar-refractivity contribution in [2.45, 2.75) is 32.2 Å². The van der Waals surface area contributed by atoms with E-state index in [-0.39, 0.29) is 6.04 Å². The van der Waals surface area contributed by atoms with Gasteiger partial charge < -0.3 is 20.7 Å². The number of para-hydroxylation sites is 1. The number of nitrogens with one attached hydrogen (secondary N) is 2. The average molecular weight is 420 g/mol. The van der Waals surface area contributed by atoms with Gasteiger partial charge >= 0.3 is 11.8 Å². The number of H-pyrrole nitrogens is 1. The van der Waals surface area contributed by atoms with Crippen LogP contribution in [-0.2, 0) is 16.0 Å². The van der Waals surface area contributed by atoms with Crippen LogP contribution in [0.5, 0.6) is 5.75 Å². The molecule has 2 amide bonds. The zero-order valence-corrected chi connectivity index (χ0v) is 17.2. The number of nitrogens with two attached hydrogens (primary N) is 1. The normalized spacial score (nSPS) is 20.4. The van der Waals surface area contributed by atoms with Gasteiger partial charge in [-0.15, -0.1) is 0 Å². The summed E-state index contributed by atoms with van der Waals surface area (Å²) in [7, 11) is 0. The van der Waals surface area contributed by atoms with Crippen molar-refractivity contribution in [3.63, 3.8) is 0 Å². The fourth-order valence-electron chi connectivity index (χ4n) is 4.56. The van der Waals surface area contributed by atoms with Crippen molar-refractivity contribution in [2.75, 3.05) is 24.2 Å². The highest BCUT2D eigenvalue weighted by Gasteiger charge is 2.36. The number of aromatic amines is 1. The van der Waals surface area contributed by atoms with Gasteiger partial charge in [-0.3, -0.25) is 14.7 Å². The van der Waals surface area contributed by atoms with Gasteiger partial charge in [-0.25, -0.2) is 4.98 Å². The second-order valence-corrected chi connectivity index (χ2v) is 8.26. The van der Waals surface area contributed by atoms with E-state index in [1.54, 1.807) is 4.90 Å². The molecule has 4 heterocycles. The van der Waals surface area contributed by atoms with Crippen LogP contribution in [-0.4, -0.2) is 45.0 Å². The number of amides is 2. The molecule has 0 saturated carbocycles. The van der Waals surface area contributed by atoms with Crippen LogP contribution in [0, 0.1) is 5.92 Å². The molecule has 0 spiro atoms. The summed E-state index contributed by atoms with van der Waals surface area (Å²) in [6.45, 7) is 3.26. The number of anilines is 2. The number of likely N-dealkylation sites (tertiary alicyclic amines) is 1. The fraction of sp³-hybridized carbons (Fsp3) is 0.364. The number of carbonyl (C=O) groups is 2. The monoisotopic (exact) mass is 420 g/mol. The van der Waals surface area contributed by atoms with Crippen LogP contribution in [0.1, 0.15) is 36.9 Å². The summed E-state index contributed by atoms with van der Waals surface area (Å²) in [6, 6.07) is 5.86. The largest absolute Gasteiger partial charge is 0.493 e. The molecule has 3 aromatic rings. The maximum absolute atomic E-state index is 13.3. The van der Waals surface area contributed by atoms with E-state index in [9.17, 15) is 9.59 Å². The number of piperidine rings is 1. The van der Waals surface area contributed by atoms with Crippen LogP contribution in [0.4, 0.5) is 11.5 Å². The molecule has 9 heteroatoms. The lowest BCUT2D eigenvalue weighted by molar-refractivity contribution is -0.146. The number of rotatable bonds is 2.